The van der Waals surface area contributed by atoms with Gasteiger partial charge in [-0.2, -0.15) is 0 Å². The van der Waals surface area contributed by atoms with Crippen LogP contribution in [0.4, 0.5) is 10.7 Å². The van der Waals surface area contributed by atoms with Crippen molar-refractivity contribution >= 4 is 28.0 Å². The lowest BCUT2D eigenvalue weighted by Crippen LogP contribution is -2.17. The Hall–Kier alpha value is -1.43. The van der Waals surface area contributed by atoms with Gasteiger partial charge in [-0.1, -0.05) is 25.7 Å². The second-order valence-electron chi connectivity index (χ2n) is 5.03. The van der Waals surface area contributed by atoms with Crippen LogP contribution in [0.25, 0.3) is 0 Å². The summed E-state index contributed by atoms with van der Waals surface area (Å²) >= 11 is 1.31. The Morgan fingerprint density at radius 3 is 2.45 bits per heavy atom. The molecule has 0 radical (unpaired) electrons. The van der Waals surface area contributed by atoms with Crippen LogP contribution in [0.3, 0.4) is 0 Å². The van der Waals surface area contributed by atoms with E-state index in [0.717, 1.165) is 17.8 Å². The van der Waals surface area contributed by atoms with E-state index in [-0.39, 0.29) is 0 Å². The first-order valence-corrected chi connectivity index (χ1v) is 7.80. The summed E-state index contributed by atoms with van der Waals surface area (Å²) in [6.07, 6.45) is 7.38. The maximum absolute atomic E-state index is 11.7. The quantitative estimate of drug-likeness (QED) is 0.659. The van der Waals surface area contributed by atoms with Gasteiger partial charge in [-0.15, -0.1) is 11.3 Å². The molecule has 1 aromatic rings. The third-order valence-corrected chi connectivity index (χ3v) is 4.76. The second kappa shape index (κ2) is 6.83. The number of nitrogen functional groups attached to an aromatic ring is 1. The molecule has 0 bridgehead atoms. The highest BCUT2D eigenvalue weighted by Crippen LogP contribution is 2.43. The number of hydrogen-bond donors (Lipinski definition) is 2. The van der Waals surface area contributed by atoms with Gasteiger partial charge in [0.2, 0.25) is 0 Å². The zero-order valence-electron chi connectivity index (χ0n) is 12.0. The van der Waals surface area contributed by atoms with Crippen molar-refractivity contribution in [1.29, 1.82) is 0 Å². The van der Waals surface area contributed by atoms with Crippen LogP contribution in [-0.2, 0) is 4.74 Å². The molecule has 0 aromatic carbocycles. The minimum Gasteiger partial charge on any atom is -0.492 e. The van der Waals surface area contributed by atoms with Crippen molar-refractivity contribution in [2.45, 2.75) is 44.6 Å². The molecule has 3 N–H and O–H groups in total. The molecule has 0 saturated heterocycles. The van der Waals surface area contributed by atoms with Crippen LogP contribution in [0.2, 0.25) is 0 Å². The van der Waals surface area contributed by atoms with Crippen LogP contribution in [0.15, 0.2) is 0 Å². The number of nitrogens with one attached hydrogen (secondary N) is 1. The topological polar surface area (TPSA) is 73.6 Å². The van der Waals surface area contributed by atoms with Crippen LogP contribution >= 0.6 is 11.3 Å². The van der Waals surface area contributed by atoms with Crippen molar-refractivity contribution in [1.82, 2.24) is 0 Å². The van der Waals surface area contributed by atoms with Gasteiger partial charge in [0.25, 0.3) is 0 Å². The molecule has 1 saturated carbocycles. The van der Waals surface area contributed by atoms with Gasteiger partial charge in [0.1, 0.15) is 15.6 Å². The Labute approximate surface area is 123 Å². The van der Waals surface area contributed by atoms with E-state index in [1.54, 1.807) is 7.11 Å². The van der Waals surface area contributed by atoms with E-state index < -0.39 is 5.97 Å². The van der Waals surface area contributed by atoms with Gasteiger partial charge in [0.15, 0.2) is 5.75 Å². The molecule has 1 aromatic heterocycles. The van der Waals surface area contributed by atoms with E-state index in [4.69, 9.17) is 15.2 Å². The first-order valence-electron chi connectivity index (χ1n) is 6.98. The zero-order chi connectivity index (χ0) is 14.5. The molecule has 20 heavy (non-hydrogen) atoms. The van der Waals surface area contributed by atoms with Crippen molar-refractivity contribution in [2.75, 3.05) is 25.3 Å². The van der Waals surface area contributed by atoms with E-state index in [2.05, 4.69) is 5.32 Å². The SMILES string of the molecule is COC(=O)c1sc(NC2CCCCCC2)c(OC)c1N. The molecule has 1 aliphatic rings. The average Bonchev–Trinajstić information content (AvgIpc) is 2.63. The number of hydrogen-bond acceptors (Lipinski definition) is 6. The van der Waals surface area contributed by atoms with Gasteiger partial charge < -0.3 is 20.5 Å². The number of nitrogens with two attached hydrogens (primary N) is 1. The number of carbonyl (C=O) groups excluding carboxylic acids is 1. The average molecular weight is 298 g/mol. The number of methoxy groups -OCH3 is 2. The number of carbonyl (C=O) groups is 1. The fraction of sp³-hybridized carbons (Fsp3) is 0.643. The maximum atomic E-state index is 11.7. The van der Waals surface area contributed by atoms with E-state index in [9.17, 15) is 4.79 Å². The highest BCUT2D eigenvalue weighted by Gasteiger charge is 2.24. The lowest BCUT2D eigenvalue weighted by molar-refractivity contribution is 0.0607. The first-order chi connectivity index (χ1) is 9.67. The Kier molecular flexibility index (Phi) is 5.11. The predicted molar refractivity (Wildman–Crippen MR) is 81.7 cm³/mol. The molecule has 1 heterocycles. The van der Waals surface area contributed by atoms with Crippen LogP contribution in [-0.4, -0.2) is 26.2 Å². The molecule has 0 spiro atoms. The minimum atomic E-state index is -0.417. The van der Waals surface area contributed by atoms with Gasteiger partial charge in [-0.3, -0.25) is 0 Å². The van der Waals surface area contributed by atoms with Gasteiger partial charge in [-0.05, 0) is 12.8 Å². The summed E-state index contributed by atoms with van der Waals surface area (Å²) in [7, 11) is 2.92. The lowest BCUT2D eigenvalue weighted by atomic mass is 10.1. The fourth-order valence-electron chi connectivity index (χ4n) is 2.58. The van der Waals surface area contributed by atoms with Gasteiger partial charge in [0, 0.05) is 6.04 Å². The highest BCUT2D eigenvalue weighted by molar-refractivity contribution is 7.19. The monoisotopic (exact) mass is 298 g/mol. The van der Waals surface area contributed by atoms with Gasteiger partial charge >= 0.3 is 5.97 Å². The molecule has 0 aliphatic heterocycles. The van der Waals surface area contributed by atoms with E-state index in [1.807, 2.05) is 0 Å². The smallest absolute Gasteiger partial charge is 0.350 e. The number of rotatable bonds is 4. The molecule has 2 rings (SSSR count). The minimum absolute atomic E-state index is 0.362. The maximum Gasteiger partial charge on any atom is 0.350 e. The Bertz CT molecular complexity index is 465. The van der Waals surface area contributed by atoms with Crippen molar-refractivity contribution < 1.29 is 14.3 Å². The van der Waals surface area contributed by atoms with Crippen LogP contribution < -0.4 is 15.8 Å². The van der Waals surface area contributed by atoms with Crippen molar-refractivity contribution in [3.05, 3.63) is 4.88 Å². The molecular weight excluding hydrogens is 276 g/mol. The van der Waals surface area contributed by atoms with Crippen molar-refractivity contribution in [3.63, 3.8) is 0 Å². The van der Waals surface area contributed by atoms with E-state index >= 15 is 0 Å². The first kappa shape index (κ1) is 15.0. The number of ether oxygens (including phenoxy) is 2. The zero-order valence-corrected chi connectivity index (χ0v) is 12.8. The standard InChI is InChI=1S/C14H22N2O3S/c1-18-11-10(15)12(14(17)19-2)20-13(11)16-9-7-5-3-4-6-8-9/h9,16H,3-8,15H2,1-2H3. The Morgan fingerprint density at radius 2 is 1.90 bits per heavy atom. The van der Waals surface area contributed by atoms with Crippen LogP contribution in [0.1, 0.15) is 48.2 Å². The van der Waals surface area contributed by atoms with Gasteiger partial charge in [0.05, 0.1) is 14.2 Å². The molecule has 1 aliphatic carbocycles. The molecule has 1 fully saturated rings. The summed E-state index contributed by atoms with van der Waals surface area (Å²) in [5.41, 5.74) is 6.33. The molecule has 0 amide bonds. The second-order valence-corrected chi connectivity index (χ2v) is 6.05. The molecule has 0 atom stereocenters. The van der Waals surface area contributed by atoms with Crippen molar-refractivity contribution in [2.24, 2.45) is 0 Å². The largest absolute Gasteiger partial charge is 0.492 e. The van der Waals surface area contributed by atoms with Crippen molar-refractivity contribution in [3.8, 4) is 5.75 Å². The lowest BCUT2D eigenvalue weighted by Gasteiger charge is -2.17. The molecule has 6 heteroatoms. The van der Waals surface area contributed by atoms with E-state index in [1.165, 1.54) is 44.1 Å². The Morgan fingerprint density at radius 1 is 1.25 bits per heavy atom. The van der Waals surface area contributed by atoms with Gasteiger partial charge in [-0.25, -0.2) is 4.79 Å². The summed E-state index contributed by atoms with van der Waals surface area (Å²) in [5.74, 6) is 0.138. The molecule has 112 valence electrons. The van der Waals surface area contributed by atoms with Crippen LogP contribution in [0.5, 0.6) is 5.75 Å². The summed E-state index contributed by atoms with van der Waals surface area (Å²) in [4.78, 5) is 12.1. The van der Waals surface area contributed by atoms with Crippen LogP contribution in [0, 0.1) is 0 Å². The van der Waals surface area contributed by atoms with E-state index in [0.29, 0.717) is 22.4 Å². The summed E-state index contributed by atoms with van der Waals surface area (Å²) in [5, 5.41) is 4.32. The third kappa shape index (κ3) is 3.17. The summed E-state index contributed by atoms with van der Waals surface area (Å²) in [6.45, 7) is 0. The molecule has 0 unspecified atom stereocenters. The molecular formula is C14H22N2O3S. The normalized spacial score (nSPS) is 16.5. The third-order valence-electron chi connectivity index (χ3n) is 3.66. The Balaban J connectivity index is 2.19. The summed E-state index contributed by atoms with van der Waals surface area (Å²) in [6, 6.07) is 0.426. The number of thiophene rings is 1. The summed E-state index contributed by atoms with van der Waals surface area (Å²) < 4.78 is 10.1. The highest BCUT2D eigenvalue weighted by atomic mass is 32.1. The fourth-order valence-corrected chi connectivity index (χ4v) is 3.66. The molecule has 5 nitrogen and oxygen atoms in total. The number of esters is 1. The number of anilines is 2. The predicted octanol–water partition coefficient (Wildman–Crippen LogP) is 3.26.